The molecule has 2 fully saturated rings. The molecule has 0 aliphatic carbocycles. The average Bonchev–Trinajstić information content (AvgIpc) is 3.75. The number of aryl methyl sites for hydroxylation is 1. The second kappa shape index (κ2) is 14.2. The first-order valence-electron chi connectivity index (χ1n) is 16.5. The Kier molecular flexibility index (Phi) is 10.1. The number of nitrogens with two attached hydrogens (primary N) is 1. The van der Waals surface area contributed by atoms with Crippen LogP contribution in [0.5, 0.6) is 11.5 Å². The molecule has 20 heteroatoms. The highest BCUT2D eigenvalue weighted by molar-refractivity contribution is 8.00. The number of rotatable bonds is 12. The molecule has 2 atom stereocenters. The number of carbonyl (C=O) groups is 4. The topological polar surface area (TPSA) is 247 Å². The van der Waals surface area contributed by atoms with Crippen molar-refractivity contribution in [1.82, 2.24) is 19.8 Å². The fourth-order valence-corrected chi connectivity index (χ4v) is 9.03. The van der Waals surface area contributed by atoms with Crippen LogP contribution in [0.3, 0.4) is 0 Å². The van der Waals surface area contributed by atoms with Gasteiger partial charge in [-0.15, -0.1) is 23.1 Å². The fourth-order valence-electron chi connectivity index (χ4n) is 6.87. The zero-order valence-corrected chi connectivity index (χ0v) is 31.2. The number of thiazole rings is 1. The van der Waals surface area contributed by atoms with Crippen molar-refractivity contribution < 1.29 is 48.9 Å². The number of carbonyl (C=O) groups excluding carboxylic acids is 2. The largest absolute Gasteiger partial charge is 0.504 e. The van der Waals surface area contributed by atoms with E-state index >= 15 is 0 Å². The van der Waals surface area contributed by atoms with Gasteiger partial charge in [-0.3, -0.25) is 19.3 Å². The molecule has 2 saturated heterocycles. The number of aromatic hydroxyl groups is 2. The zero-order valence-electron chi connectivity index (χ0n) is 28.8. The Morgan fingerprint density at radius 3 is 2.49 bits per heavy atom. The first kappa shape index (κ1) is 37.9. The number of amides is 2. The van der Waals surface area contributed by atoms with E-state index in [2.05, 4.69) is 15.5 Å². The van der Waals surface area contributed by atoms with Crippen LogP contribution in [-0.4, -0.2) is 111 Å². The summed E-state index contributed by atoms with van der Waals surface area (Å²) in [6.45, 7) is 6.51. The molecule has 1 aromatic carbocycles. The number of halogens is 1. The van der Waals surface area contributed by atoms with E-state index < -0.39 is 63.4 Å². The molecular formula is C33H37ClN7O10S2+. The van der Waals surface area contributed by atoms with Crippen LogP contribution in [-0.2, 0) is 37.1 Å². The molecule has 2 amide bonds. The summed E-state index contributed by atoms with van der Waals surface area (Å²) < 4.78 is 2.10. The molecule has 7 N–H and O–H groups in total. The first-order valence-corrected chi connectivity index (χ1v) is 18.8. The molecule has 6 rings (SSSR count). The molecule has 0 radical (unpaired) electrons. The number of carboxylic acid groups (broad SMARTS) is 2. The van der Waals surface area contributed by atoms with Crippen LogP contribution >= 0.6 is 34.7 Å². The van der Waals surface area contributed by atoms with Crippen LogP contribution < -0.4 is 16.5 Å². The van der Waals surface area contributed by atoms with Crippen LogP contribution in [0.15, 0.2) is 38.9 Å². The lowest BCUT2D eigenvalue weighted by atomic mass is 10.0. The lowest BCUT2D eigenvalue weighted by Crippen LogP contribution is -2.71. The molecule has 3 aromatic rings. The van der Waals surface area contributed by atoms with Crippen molar-refractivity contribution >= 4 is 80.2 Å². The van der Waals surface area contributed by atoms with Gasteiger partial charge in [0.1, 0.15) is 35.9 Å². The van der Waals surface area contributed by atoms with Crippen LogP contribution in [0, 0.1) is 0 Å². The highest BCUT2D eigenvalue weighted by Crippen LogP contribution is 2.42. The minimum Gasteiger partial charge on any atom is -0.504 e. The van der Waals surface area contributed by atoms with Crippen molar-refractivity contribution in [2.75, 3.05) is 31.1 Å². The lowest BCUT2D eigenvalue weighted by molar-refractivity contribution is -0.925. The number of phenols is 2. The minimum absolute atomic E-state index is 0.00604. The third kappa shape index (κ3) is 6.89. The van der Waals surface area contributed by atoms with E-state index in [1.54, 1.807) is 10.8 Å². The number of aromatic nitrogens is 2. The number of hydrogen-bond acceptors (Lipinski definition) is 13. The molecule has 17 nitrogen and oxygen atoms in total. The van der Waals surface area contributed by atoms with Gasteiger partial charge in [-0.05, 0) is 20.8 Å². The number of fused-ring (bicyclic) bond motifs is 2. The van der Waals surface area contributed by atoms with E-state index in [9.17, 15) is 44.4 Å². The van der Waals surface area contributed by atoms with Gasteiger partial charge in [0, 0.05) is 48.4 Å². The molecule has 53 heavy (non-hydrogen) atoms. The summed E-state index contributed by atoms with van der Waals surface area (Å²) >= 11 is 8.66. The van der Waals surface area contributed by atoms with E-state index in [0.29, 0.717) is 40.8 Å². The number of anilines is 1. The van der Waals surface area contributed by atoms with E-state index in [1.165, 1.54) is 37.1 Å². The molecule has 3 aliphatic heterocycles. The molecule has 1 unspecified atom stereocenters. The summed E-state index contributed by atoms with van der Waals surface area (Å²) in [6, 6.07) is 0.152. The molecule has 282 valence electrons. The number of β-lactam (4-membered cyclic amide) rings is 1. The minimum atomic E-state index is -1.80. The Labute approximate surface area is 314 Å². The summed E-state index contributed by atoms with van der Waals surface area (Å²) in [7, 11) is 0. The number of phenolic OH excluding ortho intramolecular Hbond substituents is 2. The number of nitrogen functional groups attached to an aromatic ring is 1. The number of carboxylic acids is 2. The maximum atomic E-state index is 13.9. The number of aliphatic carboxylic acids is 2. The highest BCUT2D eigenvalue weighted by atomic mass is 35.5. The Morgan fingerprint density at radius 2 is 1.89 bits per heavy atom. The number of likely N-dealkylation sites (tertiary alicyclic amines) is 1. The van der Waals surface area contributed by atoms with Gasteiger partial charge >= 0.3 is 11.9 Å². The molecule has 0 bridgehead atoms. The van der Waals surface area contributed by atoms with E-state index in [0.717, 1.165) is 29.1 Å². The number of nitrogens with zero attached hydrogens (tertiary/aromatic N) is 5. The standard InChI is InChI=1S/C33H36ClN7O10S2/c1-4-39-10-15(25(43)20-18(39)9-19(42)26(44)21(20)34)11-41(7-5-6-8-41)12-16-13-52-29-23(28(46)40(29)24(16)30(47)48)37-27(45)22(17-14-53-32(35)36-17)38-51-33(2,3)31(49)50/h9-10,14,23,29H,4-8,11-13H2,1-3H3,(H6-,35,36,37,38,42,43,44,45,47,48,49,50)/p+1/t23-,29?/m1/s1. The van der Waals surface area contributed by atoms with Crippen molar-refractivity contribution in [2.24, 2.45) is 5.16 Å². The summed E-state index contributed by atoms with van der Waals surface area (Å²) in [5.74, 6) is -5.04. The zero-order chi connectivity index (χ0) is 38.6. The predicted molar refractivity (Wildman–Crippen MR) is 196 cm³/mol. The van der Waals surface area contributed by atoms with E-state index in [4.69, 9.17) is 22.2 Å². The van der Waals surface area contributed by atoms with Crippen molar-refractivity contribution in [3.05, 3.63) is 55.4 Å². The lowest BCUT2D eigenvalue weighted by Gasteiger charge is -2.50. The van der Waals surface area contributed by atoms with E-state index in [-0.39, 0.29) is 45.8 Å². The van der Waals surface area contributed by atoms with Crippen molar-refractivity contribution in [1.29, 1.82) is 0 Å². The Bertz CT molecular complexity index is 2180. The normalized spacial score (nSPS) is 20.0. The smallest absolute Gasteiger partial charge is 0.352 e. The molecular weight excluding hydrogens is 754 g/mol. The number of nitrogens with one attached hydrogen (secondary N) is 1. The number of thioether (sulfide) groups is 1. The summed E-state index contributed by atoms with van der Waals surface area (Å²) in [5, 5.41) is 47.3. The predicted octanol–water partition coefficient (Wildman–Crippen LogP) is 2.26. The number of benzene rings is 1. The number of pyridine rings is 1. The molecule has 0 saturated carbocycles. The maximum Gasteiger partial charge on any atom is 0.352 e. The third-order valence-electron chi connectivity index (χ3n) is 9.62. The van der Waals surface area contributed by atoms with Gasteiger partial charge in [-0.25, -0.2) is 14.6 Å². The van der Waals surface area contributed by atoms with Crippen LogP contribution in [0.2, 0.25) is 5.02 Å². The van der Waals surface area contributed by atoms with E-state index in [1.807, 2.05) is 6.92 Å². The van der Waals surface area contributed by atoms with Crippen LogP contribution in [0.25, 0.3) is 10.9 Å². The first-order chi connectivity index (χ1) is 25.0. The van der Waals surface area contributed by atoms with Crippen LogP contribution in [0.4, 0.5) is 5.13 Å². The SMILES string of the molecule is CCn1cc(C[N+]2(CC3=C(C(=O)O)N4C(=O)[C@@H](NC(=O)/C(=N\OC(C)(C)C(=O)O)c5csc(N)n5)C4SC3)CCCC2)c(=O)c2c(Cl)c(O)c(O)cc21. The van der Waals surface area contributed by atoms with Gasteiger partial charge in [0.25, 0.3) is 11.8 Å². The molecule has 0 spiro atoms. The average molecular weight is 791 g/mol. The second-order valence-corrected chi connectivity index (χ2v) is 15.9. The number of oxime groups is 1. The summed E-state index contributed by atoms with van der Waals surface area (Å²) in [5.41, 5.74) is 4.20. The molecule has 3 aliphatic rings. The summed E-state index contributed by atoms with van der Waals surface area (Å²) in [4.78, 5) is 75.7. The number of quaternary nitrogens is 1. The van der Waals surface area contributed by atoms with Gasteiger partial charge in [-0.2, -0.15) is 0 Å². The Hall–Kier alpha value is -4.85. The molecule has 2 aromatic heterocycles. The third-order valence-corrected chi connectivity index (χ3v) is 12.0. The maximum absolute atomic E-state index is 13.9. The van der Waals surface area contributed by atoms with Gasteiger partial charge in [0.15, 0.2) is 27.8 Å². The Balaban J connectivity index is 1.27. The molecule has 5 heterocycles. The monoisotopic (exact) mass is 790 g/mol. The van der Waals surface area contributed by atoms with Crippen molar-refractivity contribution in [3.8, 4) is 11.5 Å². The quantitative estimate of drug-likeness (QED) is 0.0508. The van der Waals surface area contributed by atoms with Crippen LogP contribution in [0.1, 0.15) is 44.9 Å². The van der Waals surface area contributed by atoms with Gasteiger partial charge in [0.2, 0.25) is 5.60 Å². The fraction of sp³-hybridized carbons (Fsp3) is 0.424. The van der Waals surface area contributed by atoms with Crippen molar-refractivity contribution in [3.63, 3.8) is 0 Å². The van der Waals surface area contributed by atoms with Gasteiger partial charge < -0.3 is 45.4 Å². The Morgan fingerprint density at radius 1 is 1.19 bits per heavy atom. The van der Waals surface area contributed by atoms with Gasteiger partial charge in [-0.1, -0.05) is 16.8 Å². The van der Waals surface area contributed by atoms with Gasteiger partial charge in [0.05, 0.1) is 34.6 Å². The van der Waals surface area contributed by atoms with Crippen molar-refractivity contribution in [2.45, 2.75) is 63.7 Å². The summed E-state index contributed by atoms with van der Waals surface area (Å²) in [6.07, 6.45) is 3.36. The highest BCUT2D eigenvalue weighted by Gasteiger charge is 2.55. The number of hydrogen-bond donors (Lipinski definition) is 6. The second-order valence-electron chi connectivity index (χ2n) is 13.6.